The first kappa shape index (κ1) is 15.1. The maximum absolute atomic E-state index is 12.8. The van der Waals surface area contributed by atoms with E-state index in [1.807, 2.05) is 20.0 Å². The van der Waals surface area contributed by atoms with Crippen LogP contribution in [0.15, 0.2) is 29.6 Å². The number of methoxy groups -OCH3 is 1. The van der Waals surface area contributed by atoms with Gasteiger partial charge in [-0.25, -0.2) is 4.68 Å². The molecule has 0 atom stereocenters. The summed E-state index contributed by atoms with van der Waals surface area (Å²) in [7, 11) is 3.38. The number of carbonyl (C=O) groups is 1. The molecule has 0 saturated heterocycles. The first-order chi connectivity index (χ1) is 12.1. The zero-order chi connectivity index (χ0) is 17.6. The monoisotopic (exact) mass is 340 g/mol. The molecule has 4 rings (SSSR count). The fourth-order valence-electron chi connectivity index (χ4n) is 2.83. The minimum atomic E-state index is -0.230. The molecule has 0 fully saturated rings. The molecule has 3 aromatic rings. The van der Waals surface area contributed by atoms with Gasteiger partial charge in [0.25, 0.3) is 5.91 Å². The first-order valence-electron chi connectivity index (χ1n) is 7.60. The van der Waals surface area contributed by atoms with Crippen molar-refractivity contribution in [3.63, 3.8) is 0 Å². The minimum absolute atomic E-state index is 0.230. The number of nitrogens with one attached hydrogen (secondary N) is 2. The van der Waals surface area contributed by atoms with Crippen LogP contribution in [0.25, 0.3) is 10.9 Å². The number of fused-ring (bicyclic) bond motifs is 2. The zero-order valence-corrected chi connectivity index (χ0v) is 13.9. The number of benzene rings is 1. The summed E-state index contributed by atoms with van der Waals surface area (Å²) in [5.41, 5.74) is 2.78. The summed E-state index contributed by atoms with van der Waals surface area (Å²) < 4.78 is 6.96. The molecule has 1 aliphatic rings. The second-order valence-corrected chi connectivity index (χ2v) is 5.72. The molecule has 2 aromatic heterocycles. The van der Waals surface area contributed by atoms with Crippen LogP contribution in [0.5, 0.6) is 5.75 Å². The van der Waals surface area contributed by atoms with Crippen molar-refractivity contribution in [1.29, 1.82) is 0 Å². The highest BCUT2D eigenvalue weighted by Gasteiger charge is 2.27. The van der Waals surface area contributed by atoms with Crippen LogP contribution >= 0.6 is 0 Å². The molecule has 0 spiro atoms. The van der Waals surface area contributed by atoms with Crippen LogP contribution in [0.3, 0.4) is 0 Å². The predicted octanol–water partition coefficient (Wildman–Crippen LogP) is 0.920. The normalized spacial score (nSPS) is 14.0. The molecule has 0 radical (unpaired) electrons. The molecule has 128 valence electrons. The van der Waals surface area contributed by atoms with Gasteiger partial charge in [0.1, 0.15) is 5.75 Å². The molecule has 10 heteroatoms. The molecular formula is C15H16N8O2. The number of allylic oxidation sites excluding steroid dienone is 1. The van der Waals surface area contributed by atoms with Crippen LogP contribution in [0.1, 0.15) is 6.92 Å². The van der Waals surface area contributed by atoms with Gasteiger partial charge in [0.05, 0.1) is 36.6 Å². The van der Waals surface area contributed by atoms with Gasteiger partial charge >= 0.3 is 0 Å². The van der Waals surface area contributed by atoms with E-state index in [1.165, 1.54) is 0 Å². The maximum atomic E-state index is 12.8. The maximum Gasteiger partial charge on any atom is 0.255 e. The molecule has 1 aromatic carbocycles. The number of ether oxygens (including phenoxy) is 1. The van der Waals surface area contributed by atoms with Crippen LogP contribution in [0.2, 0.25) is 0 Å². The summed E-state index contributed by atoms with van der Waals surface area (Å²) in [5, 5.41) is 22.2. The van der Waals surface area contributed by atoms with Crippen LogP contribution in [-0.2, 0) is 11.3 Å². The van der Waals surface area contributed by atoms with Gasteiger partial charge < -0.3 is 15.0 Å². The van der Waals surface area contributed by atoms with E-state index >= 15 is 0 Å². The van der Waals surface area contributed by atoms with Gasteiger partial charge in [0.2, 0.25) is 5.95 Å². The van der Waals surface area contributed by atoms with Crippen molar-refractivity contribution in [1.82, 2.24) is 30.4 Å². The van der Waals surface area contributed by atoms with Crippen molar-refractivity contribution in [3.05, 3.63) is 29.6 Å². The molecule has 0 bridgehead atoms. The van der Waals surface area contributed by atoms with E-state index in [0.29, 0.717) is 29.5 Å². The van der Waals surface area contributed by atoms with Gasteiger partial charge in [-0.2, -0.15) is 5.10 Å². The number of aromatic nitrogens is 6. The SMILES string of the molecule is COc1cc2[nH]ncc2cc1NC(=O)C1=C(C)N(C)c2nnnn2C1. The number of nitrogens with zero attached hydrogens (tertiary/aromatic N) is 6. The number of H-pyrrole nitrogens is 1. The van der Waals surface area contributed by atoms with E-state index < -0.39 is 0 Å². The van der Waals surface area contributed by atoms with Gasteiger partial charge in [-0.3, -0.25) is 9.89 Å². The number of rotatable bonds is 3. The Morgan fingerprint density at radius 1 is 1.40 bits per heavy atom. The third-order valence-corrected chi connectivity index (χ3v) is 4.34. The lowest BCUT2D eigenvalue weighted by molar-refractivity contribution is -0.113. The largest absolute Gasteiger partial charge is 0.494 e. The summed E-state index contributed by atoms with van der Waals surface area (Å²) in [6.07, 6.45) is 1.69. The minimum Gasteiger partial charge on any atom is -0.494 e. The quantitative estimate of drug-likeness (QED) is 0.728. The summed E-state index contributed by atoms with van der Waals surface area (Å²) in [6, 6.07) is 3.62. The Kier molecular flexibility index (Phi) is 3.38. The van der Waals surface area contributed by atoms with Gasteiger partial charge in [-0.1, -0.05) is 5.10 Å². The van der Waals surface area contributed by atoms with Crippen molar-refractivity contribution < 1.29 is 9.53 Å². The van der Waals surface area contributed by atoms with Crippen LogP contribution in [0.4, 0.5) is 11.6 Å². The zero-order valence-electron chi connectivity index (χ0n) is 13.9. The van der Waals surface area contributed by atoms with Gasteiger partial charge in [-0.15, -0.1) is 0 Å². The molecule has 3 heterocycles. The third-order valence-electron chi connectivity index (χ3n) is 4.34. The van der Waals surface area contributed by atoms with Crippen molar-refractivity contribution in [2.75, 3.05) is 24.4 Å². The fraction of sp³-hybridized carbons (Fsp3) is 0.267. The van der Waals surface area contributed by atoms with Crippen molar-refractivity contribution in [3.8, 4) is 5.75 Å². The molecule has 1 aliphatic heterocycles. The number of anilines is 2. The Morgan fingerprint density at radius 2 is 2.24 bits per heavy atom. The number of aromatic amines is 1. The Labute approximate surface area is 142 Å². The lowest BCUT2D eigenvalue weighted by atomic mass is 10.1. The second-order valence-electron chi connectivity index (χ2n) is 5.72. The first-order valence-corrected chi connectivity index (χ1v) is 7.60. The highest BCUT2D eigenvalue weighted by atomic mass is 16.5. The number of hydrogen-bond acceptors (Lipinski definition) is 7. The van der Waals surface area contributed by atoms with Gasteiger partial charge in [0.15, 0.2) is 0 Å². The van der Waals surface area contributed by atoms with Gasteiger partial charge in [-0.05, 0) is 23.4 Å². The van der Waals surface area contributed by atoms with Crippen molar-refractivity contribution >= 4 is 28.4 Å². The highest BCUT2D eigenvalue weighted by Crippen LogP contribution is 2.31. The summed E-state index contributed by atoms with van der Waals surface area (Å²) >= 11 is 0. The van der Waals surface area contributed by atoms with Gasteiger partial charge in [0, 0.05) is 24.2 Å². The topological polar surface area (TPSA) is 114 Å². The lowest BCUT2D eigenvalue weighted by Crippen LogP contribution is -2.32. The molecule has 0 aliphatic carbocycles. The van der Waals surface area contributed by atoms with Crippen LogP contribution in [-0.4, -0.2) is 50.5 Å². The Morgan fingerprint density at radius 3 is 3.04 bits per heavy atom. The standard InChI is InChI=1S/C15H16N8O2/c1-8-10(7-23-15(22(8)2)19-20-21-23)14(24)17-12-4-9-6-16-18-11(9)5-13(12)25-3/h4-6H,7H2,1-3H3,(H,16,18)(H,17,24). The van der Waals surface area contributed by atoms with E-state index in [2.05, 4.69) is 31.0 Å². The summed E-state index contributed by atoms with van der Waals surface area (Å²) in [5.74, 6) is 0.925. The number of hydrogen-bond donors (Lipinski definition) is 2. The fourth-order valence-corrected chi connectivity index (χ4v) is 2.83. The number of carbonyl (C=O) groups excluding carboxylic acids is 1. The van der Waals surface area contributed by atoms with E-state index in [9.17, 15) is 4.79 Å². The molecule has 1 amide bonds. The molecular weight excluding hydrogens is 324 g/mol. The number of amides is 1. The molecule has 0 unspecified atom stereocenters. The Bertz CT molecular complexity index is 1000. The van der Waals surface area contributed by atoms with E-state index in [0.717, 1.165) is 16.6 Å². The van der Waals surface area contributed by atoms with Crippen LogP contribution in [0, 0.1) is 0 Å². The number of tetrazole rings is 1. The Hall–Kier alpha value is -3.43. The van der Waals surface area contributed by atoms with E-state index in [-0.39, 0.29) is 5.91 Å². The highest BCUT2D eigenvalue weighted by molar-refractivity contribution is 6.06. The van der Waals surface area contributed by atoms with Crippen LogP contribution < -0.4 is 15.0 Å². The molecule has 0 saturated carbocycles. The summed E-state index contributed by atoms with van der Waals surface area (Å²) in [4.78, 5) is 14.6. The van der Waals surface area contributed by atoms with Crippen molar-refractivity contribution in [2.24, 2.45) is 0 Å². The van der Waals surface area contributed by atoms with E-state index in [1.54, 1.807) is 29.0 Å². The van der Waals surface area contributed by atoms with Crippen molar-refractivity contribution in [2.45, 2.75) is 13.5 Å². The molecule has 10 nitrogen and oxygen atoms in total. The molecule has 25 heavy (non-hydrogen) atoms. The summed E-state index contributed by atoms with van der Waals surface area (Å²) in [6.45, 7) is 2.17. The predicted molar refractivity (Wildman–Crippen MR) is 90.2 cm³/mol. The Balaban J connectivity index is 1.67. The third kappa shape index (κ3) is 2.38. The van der Waals surface area contributed by atoms with E-state index in [4.69, 9.17) is 4.74 Å². The second kappa shape index (κ2) is 5.58. The smallest absolute Gasteiger partial charge is 0.255 e. The molecule has 2 N–H and O–H groups in total. The lowest BCUT2D eigenvalue weighted by Gasteiger charge is -2.26. The average molecular weight is 340 g/mol. The average Bonchev–Trinajstić information content (AvgIpc) is 3.25.